The number of methoxy groups -OCH3 is 1. The van der Waals surface area contributed by atoms with Crippen LogP contribution in [0.5, 0.6) is 5.75 Å². The van der Waals surface area contributed by atoms with Crippen molar-refractivity contribution in [3.8, 4) is 5.75 Å². The van der Waals surface area contributed by atoms with Crippen LogP contribution in [0.4, 0.5) is 4.39 Å². The second-order valence-electron chi connectivity index (χ2n) is 6.77. The predicted octanol–water partition coefficient (Wildman–Crippen LogP) is 4.10. The van der Waals surface area contributed by atoms with Gasteiger partial charge in [0.25, 0.3) is 5.56 Å². The first-order valence-electron chi connectivity index (χ1n) is 9.55. The molecule has 0 fully saturated rings. The number of hydrogen-bond acceptors (Lipinski definition) is 5. The molecule has 4 aromatic rings. The number of aryl methyl sites for hydroxylation is 1. The largest absolute Gasteiger partial charge is 0.497 e. The number of benzene rings is 2. The van der Waals surface area contributed by atoms with Gasteiger partial charge in [-0.3, -0.25) is 14.0 Å². The maximum absolute atomic E-state index is 13.2. The minimum absolute atomic E-state index is 0.176. The zero-order chi connectivity index (χ0) is 21.1. The van der Waals surface area contributed by atoms with Gasteiger partial charge < -0.3 is 4.74 Å². The molecule has 0 spiro atoms. The third kappa shape index (κ3) is 4.23. The zero-order valence-corrected chi connectivity index (χ0v) is 17.5. The van der Waals surface area contributed by atoms with Gasteiger partial charge in [-0.25, -0.2) is 9.37 Å². The van der Waals surface area contributed by atoms with Crippen molar-refractivity contribution in [2.75, 3.05) is 7.11 Å². The van der Waals surface area contributed by atoms with E-state index in [0.29, 0.717) is 35.0 Å². The van der Waals surface area contributed by atoms with Gasteiger partial charge in [-0.1, -0.05) is 36.0 Å². The number of thioether (sulfide) groups is 1. The molecular formula is C22H21FN4O2S. The van der Waals surface area contributed by atoms with Crippen molar-refractivity contribution in [2.24, 2.45) is 0 Å². The minimum atomic E-state index is -0.272. The summed E-state index contributed by atoms with van der Waals surface area (Å²) >= 11 is 1.45. The van der Waals surface area contributed by atoms with Crippen LogP contribution in [-0.2, 0) is 18.8 Å². The van der Waals surface area contributed by atoms with Gasteiger partial charge in [-0.15, -0.1) is 0 Å². The Labute approximate surface area is 177 Å². The fourth-order valence-electron chi connectivity index (χ4n) is 3.08. The van der Waals surface area contributed by atoms with Gasteiger partial charge in [0.1, 0.15) is 17.1 Å². The lowest BCUT2D eigenvalue weighted by Gasteiger charge is -2.12. The zero-order valence-electron chi connectivity index (χ0n) is 16.7. The van der Waals surface area contributed by atoms with E-state index in [2.05, 4.69) is 5.10 Å². The molecule has 0 amide bonds. The van der Waals surface area contributed by atoms with Crippen LogP contribution in [0.25, 0.3) is 11.0 Å². The van der Waals surface area contributed by atoms with Gasteiger partial charge in [0.05, 0.1) is 19.9 Å². The van der Waals surface area contributed by atoms with E-state index in [1.54, 1.807) is 34.7 Å². The van der Waals surface area contributed by atoms with Crippen LogP contribution >= 0.6 is 11.8 Å². The second-order valence-corrected chi connectivity index (χ2v) is 7.71. The van der Waals surface area contributed by atoms with Gasteiger partial charge in [0.2, 0.25) is 0 Å². The molecule has 2 aromatic heterocycles. The van der Waals surface area contributed by atoms with E-state index in [4.69, 9.17) is 9.72 Å². The average molecular weight is 425 g/mol. The molecule has 6 nitrogen and oxygen atoms in total. The molecular weight excluding hydrogens is 403 g/mol. The molecule has 0 N–H and O–H groups in total. The highest BCUT2D eigenvalue weighted by Crippen LogP contribution is 2.23. The van der Waals surface area contributed by atoms with Crippen LogP contribution in [0.2, 0.25) is 0 Å². The highest BCUT2D eigenvalue weighted by atomic mass is 32.2. The van der Waals surface area contributed by atoms with Crippen molar-refractivity contribution in [1.29, 1.82) is 0 Å². The Bertz CT molecular complexity index is 1220. The summed E-state index contributed by atoms with van der Waals surface area (Å²) in [4.78, 5) is 17.9. The van der Waals surface area contributed by atoms with Crippen LogP contribution in [-0.4, -0.2) is 26.4 Å². The van der Waals surface area contributed by atoms with Crippen LogP contribution in [0.15, 0.2) is 64.7 Å². The molecule has 154 valence electrons. The Morgan fingerprint density at radius 1 is 1.07 bits per heavy atom. The number of aromatic nitrogens is 4. The Kier molecular flexibility index (Phi) is 5.85. The molecule has 0 bridgehead atoms. The lowest BCUT2D eigenvalue weighted by Crippen LogP contribution is -2.24. The van der Waals surface area contributed by atoms with Crippen molar-refractivity contribution >= 4 is 22.8 Å². The summed E-state index contributed by atoms with van der Waals surface area (Å²) in [7, 11) is 1.62. The molecule has 2 heterocycles. The number of ether oxygens (including phenoxy) is 1. The molecule has 0 unspecified atom stereocenters. The Morgan fingerprint density at radius 2 is 1.77 bits per heavy atom. The smallest absolute Gasteiger partial charge is 0.282 e. The van der Waals surface area contributed by atoms with Gasteiger partial charge in [-0.2, -0.15) is 5.10 Å². The highest BCUT2D eigenvalue weighted by molar-refractivity contribution is 7.98. The van der Waals surface area contributed by atoms with Crippen LogP contribution in [0, 0.1) is 5.82 Å². The molecule has 30 heavy (non-hydrogen) atoms. The van der Waals surface area contributed by atoms with Gasteiger partial charge >= 0.3 is 0 Å². The molecule has 2 aromatic carbocycles. The van der Waals surface area contributed by atoms with E-state index in [1.807, 2.05) is 31.2 Å². The van der Waals surface area contributed by atoms with Crippen LogP contribution in [0.3, 0.4) is 0 Å². The Hall–Kier alpha value is -3.13. The minimum Gasteiger partial charge on any atom is -0.497 e. The van der Waals surface area contributed by atoms with Gasteiger partial charge in [0.15, 0.2) is 10.7 Å². The lowest BCUT2D eigenvalue weighted by atomic mass is 10.2. The number of fused-ring (bicyclic) bond motifs is 1. The van der Waals surface area contributed by atoms with Crippen LogP contribution < -0.4 is 10.3 Å². The predicted molar refractivity (Wildman–Crippen MR) is 116 cm³/mol. The molecule has 0 saturated heterocycles. The summed E-state index contributed by atoms with van der Waals surface area (Å²) in [6.45, 7) is 2.99. The maximum atomic E-state index is 13.2. The summed E-state index contributed by atoms with van der Waals surface area (Å²) in [6.07, 6.45) is 1.79. The van der Waals surface area contributed by atoms with E-state index in [1.165, 1.54) is 23.9 Å². The highest BCUT2D eigenvalue weighted by Gasteiger charge is 2.15. The molecule has 0 saturated carbocycles. The standard InChI is InChI=1S/C22H21FN4O2S/c1-3-26-13-19-20(25-26)21(28)27(12-15-6-10-18(29-2)11-7-15)22(24-19)30-14-16-4-8-17(23)9-5-16/h4-11,13H,3,12,14H2,1-2H3. The van der Waals surface area contributed by atoms with E-state index in [-0.39, 0.29) is 11.4 Å². The van der Waals surface area contributed by atoms with Crippen molar-refractivity contribution < 1.29 is 9.13 Å². The molecule has 4 rings (SSSR count). The number of nitrogens with zero attached hydrogens (tertiary/aromatic N) is 4. The number of halogens is 1. The molecule has 0 atom stereocenters. The maximum Gasteiger partial charge on any atom is 0.282 e. The lowest BCUT2D eigenvalue weighted by molar-refractivity contribution is 0.414. The first kappa shape index (κ1) is 20.2. The molecule has 8 heteroatoms. The van der Waals surface area contributed by atoms with Gasteiger partial charge in [0, 0.05) is 12.3 Å². The van der Waals surface area contributed by atoms with Crippen LogP contribution in [0.1, 0.15) is 18.1 Å². The third-order valence-corrected chi connectivity index (χ3v) is 5.79. The third-order valence-electron chi connectivity index (χ3n) is 4.74. The normalized spacial score (nSPS) is 11.2. The van der Waals surface area contributed by atoms with Crippen molar-refractivity contribution in [1.82, 2.24) is 19.3 Å². The first-order valence-corrected chi connectivity index (χ1v) is 10.5. The number of hydrogen-bond donors (Lipinski definition) is 0. The fraction of sp³-hybridized carbons (Fsp3) is 0.227. The summed E-state index contributed by atoms with van der Waals surface area (Å²) in [5.41, 5.74) is 2.67. The summed E-state index contributed by atoms with van der Waals surface area (Å²) in [5, 5.41) is 4.98. The van der Waals surface area contributed by atoms with Crippen molar-refractivity contribution in [3.05, 3.63) is 82.0 Å². The fourth-order valence-corrected chi connectivity index (χ4v) is 4.03. The van der Waals surface area contributed by atoms with Crippen molar-refractivity contribution in [2.45, 2.75) is 30.9 Å². The second kappa shape index (κ2) is 8.71. The number of rotatable bonds is 7. The van der Waals surface area contributed by atoms with Crippen molar-refractivity contribution in [3.63, 3.8) is 0 Å². The first-order chi connectivity index (χ1) is 14.6. The quantitative estimate of drug-likeness (QED) is 0.330. The SMILES string of the molecule is CCn1cc2nc(SCc3ccc(F)cc3)n(Cc3ccc(OC)cc3)c(=O)c2n1. The van der Waals surface area contributed by atoms with E-state index < -0.39 is 0 Å². The topological polar surface area (TPSA) is 61.9 Å². The molecule has 0 aliphatic heterocycles. The average Bonchev–Trinajstić information content (AvgIpc) is 3.19. The van der Waals surface area contributed by atoms with E-state index in [0.717, 1.165) is 16.9 Å². The summed E-state index contributed by atoms with van der Waals surface area (Å²) in [6, 6.07) is 13.9. The molecule has 0 aliphatic rings. The molecule has 0 aliphatic carbocycles. The van der Waals surface area contributed by atoms with E-state index >= 15 is 0 Å². The van der Waals surface area contributed by atoms with Gasteiger partial charge in [-0.05, 0) is 42.3 Å². The monoisotopic (exact) mass is 424 g/mol. The summed E-state index contributed by atoms with van der Waals surface area (Å²) < 4.78 is 21.8. The van der Waals surface area contributed by atoms with E-state index in [9.17, 15) is 9.18 Å². The summed E-state index contributed by atoms with van der Waals surface area (Å²) in [5.74, 6) is 1.06. The Balaban J connectivity index is 1.72. The molecule has 0 radical (unpaired) electrons. The Morgan fingerprint density at radius 3 is 2.43 bits per heavy atom.